The first-order valence-electron chi connectivity index (χ1n) is 34.0. The highest BCUT2D eigenvalue weighted by atomic mass is 35.5. The van der Waals surface area contributed by atoms with E-state index in [9.17, 15) is 38.4 Å². The minimum Gasteiger partial charge on any atom is -0.366 e. The average Bonchev–Trinajstić information content (AvgIpc) is 1.54. The van der Waals surface area contributed by atoms with Crippen LogP contribution in [0, 0.1) is 0 Å². The van der Waals surface area contributed by atoms with Crippen LogP contribution >= 0.6 is 23.2 Å². The fourth-order valence-corrected chi connectivity index (χ4v) is 14.8. The van der Waals surface area contributed by atoms with Crippen molar-refractivity contribution in [2.45, 2.75) is 115 Å². The highest BCUT2D eigenvalue weighted by molar-refractivity contribution is 6.31. The number of aromatic nitrogens is 2. The molecule has 6 atom stereocenters. The molecule has 4 fully saturated rings. The lowest BCUT2D eigenvalue weighted by Crippen LogP contribution is -2.62. The second-order valence-electron chi connectivity index (χ2n) is 29.1. The summed E-state index contributed by atoms with van der Waals surface area (Å²) in [6.07, 6.45) is -1.05. The second kappa shape index (κ2) is 30.2. The Labute approximate surface area is 583 Å². The van der Waals surface area contributed by atoms with Crippen molar-refractivity contribution in [3.05, 3.63) is 159 Å². The Hall–Kier alpha value is -7.36. The zero-order valence-electron chi connectivity index (χ0n) is 58.0. The Morgan fingerprint density at radius 2 is 0.939 bits per heavy atom. The predicted molar refractivity (Wildman–Crippen MR) is 378 cm³/mol. The molecule has 24 nitrogen and oxygen atoms in total. The number of ether oxygens (including phenoxy) is 2. The number of piperazine rings is 2. The number of carbonyl (C=O) groups excluding carboxylic acids is 6. The molecule has 526 valence electrons. The molecular formula is C72H94Cl2N14O10. The van der Waals surface area contributed by atoms with Crippen LogP contribution in [0.5, 0.6) is 0 Å². The van der Waals surface area contributed by atoms with E-state index in [1.54, 1.807) is 86.5 Å². The van der Waals surface area contributed by atoms with Crippen molar-refractivity contribution in [3.8, 4) is 0 Å². The van der Waals surface area contributed by atoms with Crippen molar-refractivity contribution in [2.24, 2.45) is 0 Å². The van der Waals surface area contributed by atoms with Crippen molar-refractivity contribution in [1.82, 2.24) is 60.6 Å². The smallest absolute Gasteiger partial charge is 0.253 e. The lowest BCUT2D eigenvalue weighted by Gasteiger charge is -2.43. The predicted octanol–water partition coefficient (Wildman–Crippen LogP) is 3.56. The second-order valence-corrected chi connectivity index (χ2v) is 30.0. The number of rotatable bonds is 20. The number of amides is 6. The quantitative estimate of drug-likeness (QED) is 0.0651. The molecule has 98 heavy (non-hydrogen) atoms. The summed E-state index contributed by atoms with van der Waals surface area (Å²) in [6, 6.07) is 21.7. The number of fused-ring (bicyclic) bond motifs is 2. The topological polar surface area (TPSA) is 261 Å². The van der Waals surface area contributed by atoms with Crippen molar-refractivity contribution in [1.29, 1.82) is 0 Å². The van der Waals surface area contributed by atoms with Gasteiger partial charge in [0.05, 0.1) is 37.7 Å². The number of nitrogens with zero attached hydrogens (tertiary/aromatic N) is 8. The molecule has 5 aromatic rings. The van der Waals surface area contributed by atoms with Gasteiger partial charge in [-0.3, -0.25) is 58.0 Å². The minimum atomic E-state index is -0.694. The number of pyridine rings is 2. The highest BCUT2D eigenvalue weighted by Gasteiger charge is 2.44. The summed E-state index contributed by atoms with van der Waals surface area (Å²) in [5.74, 6) is -1.06. The SMILES string of the molecule is C[C@@H]1CN(CC(=O)N2CC(C)(C)c3[nH]c(=O)c(Cc4ccc(Cl)cc4C(=O)N(C)C)cc32)[C@@H](CN2CCO[C@H](C(=O)NCc3ccc(CNC(=O)[C@@H]4CN(C[C@H]5CN[C@H](C)CN5CC(=O)N5CC(C)(C)c6[nH]c(=O)c(Cc7ccc(Cl)cc7C(=O)N(C)C)cc65)CCO4)cc3)C2)CN1. The van der Waals surface area contributed by atoms with Crippen molar-refractivity contribution in [3.63, 3.8) is 0 Å². The summed E-state index contributed by atoms with van der Waals surface area (Å²) in [5.41, 5.74) is 5.89. The Kier molecular flexibility index (Phi) is 22.2. The fourth-order valence-electron chi connectivity index (χ4n) is 14.5. The van der Waals surface area contributed by atoms with Crippen LogP contribution in [0.15, 0.2) is 82.4 Å². The van der Waals surface area contributed by atoms with Gasteiger partial charge in [-0.25, -0.2) is 0 Å². The van der Waals surface area contributed by atoms with Crippen molar-refractivity contribution >= 4 is 70.0 Å². The molecule has 0 spiro atoms. The maximum atomic E-state index is 14.6. The largest absolute Gasteiger partial charge is 0.366 e. The molecule has 0 saturated carbocycles. The first-order chi connectivity index (χ1) is 46.6. The van der Waals surface area contributed by atoms with Crippen LogP contribution in [0.3, 0.4) is 0 Å². The molecule has 4 saturated heterocycles. The van der Waals surface area contributed by atoms with Gasteiger partial charge in [0.15, 0.2) is 0 Å². The van der Waals surface area contributed by atoms with Crippen LogP contribution in [0.4, 0.5) is 11.4 Å². The molecule has 8 heterocycles. The Morgan fingerprint density at radius 1 is 0.551 bits per heavy atom. The van der Waals surface area contributed by atoms with E-state index in [2.05, 4.69) is 64.7 Å². The van der Waals surface area contributed by atoms with Crippen LogP contribution in [-0.4, -0.2) is 244 Å². The third-order valence-electron chi connectivity index (χ3n) is 19.9. The van der Waals surface area contributed by atoms with Gasteiger partial charge in [-0.15, -0.1) is 0 Å². The third-order valence-corrected chi connectivity index (χ3v) is 20.4. The molecular weight excluding hydrogens is 1290 g/mol. The van der Waals surface area contributed by atoms with Crippen LogP contribution in [-0.2, 0) is 65.4 Å². The number of hydrogen-bond donors (Lipinski definition) is 6. The fraction of sp³-hybridized carbons (Fsp3) is 0.528. The molecule has 6 amide bonds. The number of H-pyrrole nitrogens is 2. The number of halogens is 2. The number of anilines is 2. The van der Waals surface area contributed by atoms with E-state index in [0.29, 0.717) is 158 Å². The zero-order chi connectivity index (χ0) is 70.1. The van der Waals surface area contributed by atoms with Gasteiger partial charge in [-0.2, -0.15) is 0 Å². The highest BCUT2D eigenvalue weighted by Crippen LogP contribution is 2.41. The first kappa shape index (κ1) is 71.9. The molecule has 0 radical (unpaired) electrons. The molecule has 0 unspecified atom stereocenters. The van der Waals surface area contributed by atoms with Crippen molar-refractivity contribution in [2.75, 3.05) is 143 Å². The van der Waals surface area contributed by atoms with E-state index in [1.165, 1.54) is 9.80 Å². The van der Waals surface area contributed by atoms with E-state index < -0.39 is 23.0 Å². The maximum Gasteiger partial charge on any atom is 0.253 e. The first-order valence-corrected chi connectivity index (χ1v) is 34.7. The van der Waals surface area contributed by atoms with E-state index in [1.807, 2.05) is 52.0 Å². The monoisotopic (exact) mass is 1380 g/mol. The van der Waals surface area contributed by atoms with Gasteiger partial charge < -0.3 is 60.3 Å². The van der Waals surface area contributed by atoms with Gasteiger partial charge in [0.2, 0.25) is 11.8 Å². The normalized spacial score (nSPS) is 22.7. The molecule has 6 aliphatic rings. The lowest BCUT2D eigenvalue weighted by atomic mass is 9.90. The lowest BCUT2D eigenvalue weighted by molar-refractivity contribution is -0.139. The Morgan fingerprint density at radius 3 is 1.32 bits per heavy atom. The van der Waals surface area contributed by atoms with Gasteiger partial charge in [0, 0.05) is 211 Å². The van der Waals surface area contributed by atoms with E-state index in [0.717, 1.165) is 11.1 Å². The molecule has 11 rings (SSSR count). The average molecular weight is 1390 g/mol. The summed E-state index contributed by atoms with van der Waals surface area (Å²) in [7, 11) is 6.67. The van der Waals surface area contributed by atoms with Crippen LogP contribution in [0.25, 0.3) is 0 Å². The number of nitrogens with one attached hydrogen (secondary N) is 6. The van der Waals surface area contributed by atoms with E-state index in [4.69, 9.17) is 32.7 Å². The van der Waals surface area contributed by atoms with Crippen molar-refractivity contribution < 1.29 is 38.2 Å². The summed E-state index contributed by atoms with van der Waals surface area (Å²) in [6.45, 7) is 20.5. The summed E-state index contributed by atoms with van der Waals surface area (Å²) in [5, 5.41) is 14.2. The number of aromatic amines is 2. The molecule has 0 bridgehead atoms. The van der Waals surface area contributed by atoms with E-state index in [-0.39, 0.29) is 110 Å². The molecule has 6 aliphatic heterocycles. The molecule has 0 aliphatic carbocycles. The number of hydrogen-bond acceptors (Lipinski definition) is 16. The molecule has 26 heteroatoms. The summed E-state index contributed by atoms with van der Waals surface area (Å²) >= 11 is 12.6. The van der Waals surface area contributed by atoms with Gasteiger partial charge in [0.25, 0.3) is 34.7 Å². The minimum absolute atomic E-state index is 0.0382. The van der Waals surface area contributed by atoms with Crippen LogP contribution in [0.1, 0.15) is 107 Å². The number of morpholine rings is 2. The maximum absolute atomic E-state index is 14.6. The number of benzene rings is 3. The number of carbonyl (C=O) groups is 6. The van der Waals surface area contributed by atoms with Gasteiger partial charge in [-0.05, 0) is 72.5 Å². The molecule has 6 N–H and O–H groups in total. The van der Waals surface area contributed by atoms with Gasteiger partial charge in [0.1, 0.15) is 12.2 Å². The van der Waals surface area contributed by atoms with Crippen LogP contribution < -0.4 is 42.2 Å². The third kappa shape index (κ3) is 16.6. The Balaban J connectivity index is 0.640. The standard InChI is InChI=1S/C72H94Cl2N14O10/c1-43-33-85(39-61(89)87-41-71(3,4)63-57(87)25-49(65(91)79-63)23-47-15-17-51(73)27-55(47)69(95)81(7)8)53(31-75-43)35-83-19-21-97-59(37-83)67(93)77-29-45-11-13-46(14-12-45)30-78-68(94)60-38-84(20-22-98-60)36-54-32-76-44(2)34-86(54)40-62(90)88-42-72(5,6)64-58(88)26-50(66(92)80-64)24-48-16-18-52(74)28-56(48)70(96)82(9)10/h11-18,25-28,43-44,53-54,59-60,75-76H,19-24,29-42H2,1-10H3,(H,77,93)(H,78,94)(H,79,91)(H,80,92)/t43-,44-,53-,54-,59+,60+/m1/s1. The zero-order valence-corrected chi connectivity index (χ0v) is 59.5. The van der Waals surface area contributed by atoms with E-state index >= 15 is 0 Å². The summed E-state index contributed by atoms with van der Waals surface area (Å²) < 4.78 is 12.1. The van der Waals surface area contributed by atoms with Gasteiger partial charge >= 0.3 is 0 Å². The van der Waals surface area contributed by atoms with Crippen LogP contribution in [0.2, 0.25) is 10.0 Å². The molecule has 2 aromatic heterocycles. The molecule has 3 aromatic carbocycles. The van der Waals surface area contributed by atoms with Gasteiger partial charge in [-0.1, -0.05) is 87.3 Å². The summed E-state index contributed by atoms with van der Waals surface area (Å²) in [4.78, 5) is 132. The Bertz CT molecular complexity index is 3700.